The van der Waals surface area contributed by atoms with Gasteiger partial charge in [0.15, 0.2) is 11.5 Å². The van der Waals surface area contributed by atoms with Crippen LogP contribution in [0.3, 0.4) is 0 Å². The van der Waals surface area contributed by atoms with Crippen molar-refractivity contribution in [2.75, 3.05) is 12.0 Å². The second-order valence-electron chi connectivity index (χ2n) is 7.36. The topological polar surface area (TPSA) is 166 Å². The van der Waals surface area contributed by atoms with E-state index in [1.54, 1.807) is 30.5 Å². The predicted molar refractivity (Wildman–Crippen MR) is 117 cm³/mol. The van der Waals surface area contributed by atoms with E-state index in [1.807, 2.05) is 6.07 Å². The van der Waals surface area contributed by atoms with Gasteiger partial charge in [0.2, 0.25) is 9.84 Å². The number of anilines is 1. The van der Waals surface area contributed by atoms with E-state index >= 15 is 0 Å². The first kappa shape index (κ1) is 21.5. The number of nitrogens with zero attached hydrogens (tertiary/aromatic N) is 4. The minimum absolute atomic E-state index is 0.0233. The number of rotatable bonds is 6. The van der Waals surface area contributed by atoms with E-state index < -0.39 is 20.7 Å². The van der Waals surface area contributed by atoms with Crippen LogP contribution in [0.5, 0.6) is 0 Å². The smallest absolute Gasteiger partial charge is 0.328 e. The molecule has 1 aromatic carbocycles. The molecule has 4 aromatic rings. The Labute approximate surface area is 181 Å². The number of aromatic amines is 1. The number of benzene rings is 1. The van der Waals surface area contributed by atoms with Crippen molar-refractivity contribution in [1.29, 1.82) is 0 Å². The highest BCUT2D eigenvalue weighted by molar-refractivity contribution is 7.90. The molecule has 0 saturated heterocycles. The van der Waals surface area contributed by atoms with Gasteiger partial charge in [-0.1, -0.05) is 30.3 Å². The number of pyridine rings is 1. The van der Waals surface area contributed by atoms with Crippen LogP contribution in [-0.4, -0.2) is 43.9 Å². The van der Waals surface area contributed by atoms with Crippen LogP contribution < -0.4 is 17.0 Å². The minimum atomic E-state index is -3.74. The number of nitrogen functional groups attached to an aromatic ring is 1. The van der Waals surface area contributed by atoms with Crippen molar-refractivity contribution in [3.8, 4) is 0 Å². The third-order valence-corrected chi connectivity index (χ3v) is 5.72. The summed E-state index contributed by atoms with van der Waals surface area (Å²) in [7, 11) is -3.74. The number of H-pyrrole nitrogens is 1. The Balaban J connectivity index is 1.74. The van der Waals surface area contributed by atoms with E-state index in [0.717, 1.165) is 17.4 Å². The summed E-state index contributed by atoms with van der Waals surface area (Å²) in [6, 6.07) is 10.2. The number of hydrogen-bond donors (Lipinski definition) is 3. The Morgan fingerprint density at radius 2 is 1.81 bits per heavy atom. The second kappa shape index (κ2) is 8.05. The molecule has 4 N–H and O–H groups in total. The maximum Gasteiger partial charge on any atom is 0.328 e. The Bertz CT molecular complexity index is 1550. The lowest BCUT2D eigenvalue weighted by Crippen LogP contribution is -2.22. The van der Waals surface area contributed by atoms with Crippen LogP contribution in [-0.2, 0) is 29.5 Å². The molecule has 0 unspecified atom stereocenters. The number of aliphatic hydroxyl groups is 1. The summed E-state index contributed by atoms with van der Waals surface area (Å²) >= 11 is 0. The molecule has 0 saturated carbocycles. The minimum Gasteiger partial charge on any atom is -0.392 e. The molecular weight excluding hydrogens is 436 g/mol. The van der Waals surface area contributed by atoms with Gasteiger partial charge in [0.05, 0.1) is 19.7 Å². The highest BCUT2D eigenvalue weighted by Crippen LogP contribution is 2.17. The number of aliphatic hydroxyl groups excluding tert-OH is 1. The summed E-state index contributed by atoms with van der Waals surface area (Å²) in [6.07, 6.45) is 2.56. The molecule has 0 radical (unpaired) electrons. The molecule has 12 heteroatoms. The highest BCUT2D eigenvalue weighted by Gasteiger charge is 2.19. The summed E-state index contributed by atoms with van der Waals surface area (Å²) in [5.41, 5.74) is 7.41. The third kappa shape index (κ3) is 4.18. The zero-order chi connectivity index (χ0) is 23.0. The van der Waals surface area contributed by atoms with Gasteiger partial charge in [0.1, 0.15) is 5.52 Å². The van der Waals surface area contributed by atoms with Gasteiger partial charge in [-0.2, -0.15) is 9.97 Å². The van der Waals surface area contributed by atoms with E-state index in [1.165, 1.54) is 15.2 Å². The first-order valence-corrected chi connectivity index (χ1v) is 11.4. The molecule has 3 aromatic heterocycles. The summed E-state index contributed by atoms with van der Waals surface area (Å²) < 4.78 is 26.5. The van der Waals surface area contributed by atoms with Crippen molar-refractivity contribution < 1.29 is 13.5 Å². The van der Waals surface area contributed by atoms with Gasteiger partial charge in [-0.15, -0.1) is 0 Å². The van der Waals surface area contributed by atoms with Crippen molar-refractivity contribution in [2.24, 2.45) is 0 Å². The standard InChI is InChI=1S/C20H20N6O5S/c1-32(30,31)19-23-17(21)16-18(24-19)26(20(29)22-16)10-14-5-6-15(28)25(9-14)8-12-3-2-4-13(7-12)11-27/h2-7,9,27H,8,10-11H2,1H3,(H,22,29)(H2,21,23,24). The lowest BCUT2D eigenvalue weighted by atomic mass is 10.1. The van der Waals surface area contributed by atoms with E-state index in [4.69, 9.17) is 5.73 Å². The van der Waals surface area contributed by atoms with Crippen LogP contribution in [0.1, 0.15) is 16.7 Å². The van der Waals surface area contributed by atoms with E-state index in [0.29, 0.717) is 5.56 Å². The van der Waals surface area contributed by atoms with Crippen molar-refractivity contribution in [1.82, 2.24) is 24.1 Å². The SMILES string of the molecule is CS(=O)(=O)c1nc(N)c2[nH]c(=O)n(Cc3ccc(=O)n(Cc4cccc(CO)c4)c3)c2n1. The lowest BCUT2D eigenvalue weighted by Gasteiger charge is -2.10. The van der Waals surface area contributed by atoms with Crippen LogP contribution in [0.4, 0.5) is 5.82 Å². The largest absolute Gasteiger partial charge is 0.392 e. The van der Waals surface area contributed by atoms with Crippen molar-refractivity contribution in [3.63, 3.8) is 0 Å². The van der Waals surface area contributed by atoms with Gasteiger partial charge < -0.3 is 20.4 Å². The first-order valence-electron chi connectivity index (χ1n) is 9.50. The van der Waals surface area contributed by atoms with Gasteiger partial charge in [-0.25, -0.2) is 13.2 Å². The average molecular weight is 456 g/mol. The summed E-state index contributed by atoms with van der Waals surface area (Å²) in [6.45, 7) is 0.193. The predicted octanol–water partition coefficient (Wildman–Crippen LogP) is -0.144. The van der Waals surface area contributed by atoms with Crippen LogP contribution in [0.25, 0.3) is 11.2 Å². The molecule has 166 valence electrons. The molecule has 0 aliphatic carbocycles. The molecule has 0 aliphatic heterocycles. The van der Waals surface area contributed by atoms with Gasteiger partial charge in [-0.3, -0.25) is 9.36 Å². The highest BCUT2D eigenvalue weighted by atomic mass is 32.2. The fourth-order valence-electron chi connectivity index (χ4n) is 3.35. The number of imidazole rings is 1. The number of aromatic nitrogens is 5. The van der Waals surface area contributed by atoms with Crippen LogP contribution in [0.15, 0.2) is 57.3 Å². The zero-order valence-corrected chi connectivity index (χ0v) is 17.8. The Morgan fingerprint density at radius 3 is 2.53 bits per heavy atom. The summed E-state index contributed by atoms with van der Waals surface area (Å²) in [5.74, 6) is -0.153. The zero-order valence-electron chi connectivity index (χ0n) is 17.0. The van der Waals surface area contributed by atoms with Crippen LogP contribution in [0.2, 0.25) is 0 Å². The fourth-order valence-corrected chi connectivity index (χ4v) is 3.86. The van der Waals surface area contributed by atoms with Crippen molar-refractivity contribution in [3.05, 3.63) is 80.1 Å². The number of sulfone groups is 1. The molecule has 32 heavy (non-hydrogen) atoms. The molecule has 0 amide bonds. The average Bonchev–Trinajstić information content (AvgIpc) is 3.06. The van der Waals surface area contributed by atoms with Crippen molar-refractivity contribution >= 4 is 26.8 Å². The maximum atomic E-state index is 12.5. The Hall–Kier alpha value is -3.77. The van der Waals surface area contributed by atoms with E-state index in [9.17, 15) is 23.1 Å². The number of fused-ring (bicyclic) bond motifs is 1. The monoisotopic (exact) mass is 456 g/mol. The third-order valence-electron chi connectivity index (χ3n) is 4.87. The Kier molecular flexibility index (Phi) is 5.40. The maximum absolute atomic E-state index is 12.5. The fraction of sp³-hybridized carbons (Fsp3) is 0.200. The first-order chi connectivity index (χ1) is 15.2. The van der Waals surface area contributed by atoms with Crippen LogP contribution >= 0.6 is 0 Å². The molecule has 3 heterocycles. The molecule has 0 aliphatic rings. The molecule has 0 spiro atoms. The quantitative estimate of drug-likeness (QED) is 0.337. The number of nitrogens with one attached hydrogen (secondary N) is 1. The van der Waals surface area contributed by atoms with E-state index in [2.05, 4.69) is 15.0 Å². The normalized spacial score (nSPS) is 11.8. The Morgan fingerprint density at radius 1 is 1.06 bits per heavy atom. The second-order valence-corrected chi connectivity index (χ2v) is 9.27. The van der Waals surface area contributed by atoms with Gasteiger partial charge in [-0.05, 0) is 16.7 Å². The van der Waals surface area contributed by atoms with Gasteiger partial charge in [0, 0.05) is 18.5 Å². The molecular formula is C20H20N6O5S. The molecule has 11 nitrogen and oxygen atoms in total. The van der Waals surface area contributed by atoms with Gasteiger partial charge in [0.25, 0.3) is 10.7 Å². The number of hydrogen-bond acceptors (Lipinski definition) is 8. The van der Waals surface area contributed by atoms with Crippen molar-refractivity contribution in [2.45, 2.75) is 24.9 Å². The lowest BCUT2D eigenvalue weighted by molar-refractivity contribution is 0.281. The summed E-state index contributed by atoms with van der Waals surface area (Å²) in [4.78, 5) is 35.2. The molecule has 0 atom stereocenters. The molecule has 0 bridgehead atoms. The number of nitrogens with two attached hydrogens (primary N) is 1. The van der Waals surface area contributed by atoms with Crippen LogP contribution in [0, 0.1) is 0 Å². The molecule has 0 fully saturated rings. The molecule has 4 rings (SSSR count). The van der Waals surface area contributed by atoms with Gasteiger partial charge >= 0.3 is 5.69 Å². The summed E-state index contributed by atoms with van der Waals surface area (Å²) in [5, 5.41) is 8.83. The van der Waals surface area contributed by atoms with E-state index in [-0.39, 0.29) is 42.2 Å².